The van der Waals surface area contributed by atoms with Crippen LogP contribution in [0.2, 0.25) is 0 Å². The van der Waals surface area contributed by atoms with Crippen LogP contribution in [-0.2, 0) is 19.9 Å². The van der Waals surface area contributed by atoms with Gasteiger partial charge in [0, 0.05) is 44.7 Å². The van der Waals surface area contributed by atoms with E-state index in [1.165, 1.54) is 11.9 Å². The minimum atomic E-state index is -0.352. The summed E-state index contributed by atoms with van der Waals surface area (Å²) in [5.41, 5.74) is 1.06. The van der Waals surface area contributed by atoms with Crippen LogP contribution in [0, 0.1) is 17.3 Å². The van der Waals surface area contributed by atoms with E-state index >= 15 is 0 Å². The molecule has 1 saturated heterocycles. The molecule has 1 aromatic carbocycles. The number of carbonyl (C=O) groups excluding carboxylic acids is 3. The van der Waals surface area contributed by atoms with Gasteiger partial charge in [0.25, 0.3) is 0 Å². The Bertz CT molecular complexity index is 1150. The fourth-order valence-electron chi connectivity index (χ4n) is 6.58. The van der Waals surface area contributed by atoms with Gasteiger partial charge >= 0.3 is 0 Å². The average molecular weight is 535 g/mol. The van der Waals surface area contributed by atoms with Crippen LogP contribution < -0.4 is 5.32 Å². The summed E-state index contributed by atoms with van der Waals surface area (Å²) in [6.45, 7) is 2.39. The Hall–Kier alpha value is -3.33. The second-order valence-electron chi connectivity index (χ2n) is 11.9. The first-order valence-electron chi connectivity index (χ1n) is 13.8. The van der Waals surface area contributed by atoms with Gasteiger partial charge in [-0.05, 0) is 69.2 Å². The van der Waals surface area contributed by atoms with Crippen LogP contribution in [0.5, 0.6) is 0 Å². The SMILES string of the molecule is CC1C(=O)N(CC(=O)Nc2ccncn2)CC2(CCC(c3ccccc3)(N(C)C)CC2)CC1CC(=O)N(C)C. The lowest BCUT2D eigenvalue weighted by Crippen LogP contribution is -2.50. The molecule has 1 aromatic heterocycles. The van der Waals surface area contributed by atoms with Gasteiger partial charge in [0.05, 0.1) is 6.54 Å². The number of nitrogens with one attached hydrogen (secondary N) is 1. The molecule has 2 fully saturated rings. The molecule has 1 spiro atoms. The van der Waals surface area contributed by atoms with E-state index in [9.17, 15) is 14.4 Å². The monoisotopic (exact) mass is 534 g/mol. The lowest BCUT2D eigenvalue weighted by Gasteiger charge is -2.51. The lowest BCUT2D eigenvalue weighted by molar-refractivity contribution is -0.139. The number of hydrogen-bond donors (Lipinski definition) is 1. The van der Waals surface area contributed by atoms with E-state index in [1.54, 1.807) is 36.2 Å². The average Bonchev–Trinajstić information content (AvgIpc) is 3.01. The number of benzene rings is 1. The van der Waals surface area contributed by atoms with E-state index in [0.717, 1.165) is 32.1 Å². The highest BCUT2D eigenvalue weighted by atomic mass is 16.2. The molecule has 2 aromatic rings. The molecule has 4 rings (SSSR count). The molecule has 2 aliphatic rings. The summed E-state index contributed by atoms with van der Waals surface area (Å²) in [5.74, 6) is -0.331. The van der Waals surface area contributed by atoms with Gasteiger partial charge in [0.1, 0.15) is 12.1 Å². The molecule has 0 bridgehead atoms. The number of amides is 3. The largest absolute Gasteiger partial charge is 0.349 e. The number of carbonyl (C=O) groups is 3. The van der Waals surface area contributed by atoms with Gasteiger partial charge in [-0.25, -0.2) is 9.97 Å². The van der Waals surface area contributed by atoms with Crippen LogP contribution in [0.25, 0.3) is 0 Å². The second kappa shape index (κ2) is 11.8. The summed E-state index contributed by atoms with van der Waals surface area (Å²) in [6.07, 6.45) is 7.79. The Kier molecular flexibility index (Phi) is 8.69. The summed E-state index contributed by atoms with van der Waals surface area (Å²) >= 11 is 0. The van der Waals surface area contributed by atoms with Crippen molar-refractivity contribution in [2.24, 2.45) is 17.3 Å². The van der Waals surface area contributed by atoms with Crippen molar-refractivity contribution in [1.29, 1.82) is 0 Å². The zero-order valence-electron chi connectivity index (χ0n) is 23.9. The number of anilines is 1. The topological polar surface area (TPSA) is 98.7 Å². The maximum absolute atomic E-state index is 13.8. The molecular formula is C30H42N6O3. The molecule has 1 aliphatic carbocycles. The summed E-state index contributed by atoms with van der Waals surface area (Å²) < 4.78 is 0. The molecule has 3 amide bonds. The van der Waals surface area contributed by atoms with E-state index in [0.29, 0.717) is 18.8 Å². The third-order valence-electron chi connectivity index (χ3n) is 9.05. The molecule has 0 radical (unpaired) electrons. The Labute approximate surface area is 232 Å². The number of aromatic nitrogens is 2. The van der Waals surface area contributed by atoms with E-state index in [-0.39, 0.29) is 47.1 Å². The van der Waals surface area contributed by atoms with Crippen molar-refractivity contribution < 1.29 is 14.4 Å². The van der Waals surface area contributed by atoms with E-state index in [4.69, 9.17) is 0 Å². The van der Waals surface area contributed by atoms with E-state index < -0.39 is 0 Å². The minimum Gasteiger partial charge on any atom is -0.349 e. The third kappa shape index (κ3) is 6.30. The van der Waals surface area contributed by atoms with Gasteiger partial charge in [-0.15, -0.1) is 0 Å². The zero-order valence-corrected chi connectivity index (χ0v) is 23.9. The quantitative estimate of drug-likeness (QED) is 0.585. The highest BCUT2D eigenvalue weighted by Crippen LogP contribution is 2.53. The lowest BCUT2D eigenvalue weighted by atomic mass is 9.61. The molecule has 9 heteroatoms. The molecular weight excluding hydrogens is 492 g/mol. The van der Waals surface area contributed by atoms with E-state index in [2.05, 4.69) is 58.5 Å². The van der Waals surface area contributed by atoms with Gasteiger partial charge < -0.3 is 15.1 Å². The summed E-state index contributed by atoms with van der Waals surface area (Å²) in [5, 5.41) is 2.79. The Morgan fingerprint density at radius 3 is 2.33 bits per heavy atom. The van der Waals surface area contributed by atoms with Crippen LogP contribution >= 0.6 is 0 Å². The fourth-order valence-corrected chi connectivity index (χ4v) is 6.58. The number of likely N-dealkylation sites (tertiary alicyclic amines) is 1. The Balaban J connectivity index is 1.61. The first-order valence-corrected chi connectivity index (χ1v) is 13.8. The molecule has 1 N–H and O–H groups in total. The highest BCUT2D eigenvalue weighted by molar-refractivity contribution is 5.94. The van der Waals surface area contributed by atoms with Crippen LogP contribution in [0.3, 0.4) is 0 Å². The molecule has 2 unspecified atom stereocenters. The highest BCUT2D eigenvalue weighted by Gasteiger charge is 2.50. The number of hydrogen-bond acceptors (Lipinski definition) is 6. The second-order valence-corrected chi connectivity index (χ2v) is 11.9. The fraction of sp³-hybridized carbons (Fsp3) is 0.567. The van der Waals surface area contributed by atoms with Crippen LogP contribution in [0.4, 0.5) is 5.82 Å². The molecule has 210 valence electrons. The standard InChI is InChI=1S/C30H42N6O3/c1-22-23(17-27(38)34(2)3)18-29(12-14-30(15-13-29,35(4)5)24-9-7-6-8-10-24)20-36(28(22)39)19-26(37)33-25-11-16-31-21-32-25/h6-11,16,21-23H,12-15,17-20H2,1-5H3,(H,31,32,33,37). The van der Waals surface area contributed by atoms with E-state index in [1.807, 2.05) is 13.0 Å². The molecule has 1 saturated carbocycles. The predicted molar refractivity (Wildman–Crippen MR) is 151 cm³/mol. The van der Waals surface area contributed by atoms with Gasteiger partial charge in [0.2, 0.25) is 17.7 Å². The van der Waals surface area contributed by atoms with Crippen LogP contribution in [-0.4, -0.2) is 83.7 Å². The van der Waals surface area contributed by atoms with Crippen molar-refractivity contribution in [2.45, 2.75) is 51.0 Å². The summed E-state index contributed by atoms with van der Waals surface area (Å²) in [6, 6.07) is 12.3. The molecule has 2 heterocycles. The van der Waals surface area contributed by atoms with Crippen LogP contribution in [0.1, 0.15) is 51.0 Å². The van der Waals surface area contributed by atoms with Crippen molar-refractivity contribution in [2.75, 3.05) is 46.6 Å². The van der Waals surface area contributed by atoms with Gasteiger partial charge in [0.15, 0.2) is 0 Å². The smallest absolute Gasteiger partial charge is 0.245 e. The normalized spacial score (nSPS) is 27.3. The van der Waals surface area contributed by atoms with Crippen molar-refractivity contribution >= 4 is 23.5 Å². The first-order chi connectivity index (χ1) is 18.5. The third-order valence-corrected chi connectivity index (χ3v) is 9.05. The number of nitrogens with zero attached hydrogens (tertiary/aromatic N) is 5. The maximum atomic E-state index is 13.8. The molecule has 9 nitrogen and oxygen atoms in total. The maximum Gasteiger partial charge on any atom is 0.245 e. The summed E-state index contributed by atoms with van der Waals surface area (Å²) in [7, 11) is 7.81. The first kappa shape index (κ1) is 28.7. The molecule has 2 atom stereocenters. The van der Waals surface area contributed by atoms with Crippen molar-refractivity contribution in [3.05, 3.63) is 54.5 Å². The Morgan fingerprint density at radius 1 is 1.05 bits per heavy atom. The molecule has 39 heavy (non-hydrogen) atoms. The van der Waals surface area contributed by atoms with Gasteiger partial charge in [-0.3, -0.25) is 19.3 Å². The zero-order chi connectivity index (χ0) is 28.2. The molecule has 1 aliphatic heterocycles. The summed E-state index contributed by atoms with van der Waals surface area (Å²) in [4.78, 5) is 53.2. The van der Waals surface area contributed by atoms with Crippen LogP contribution in [0.15, 0.2) is 48.9 Å². The van der Waals surface area contributed by atoms with Gasteiger partial charge in [-0.1, -0.05) is 37.3 Å². The Morgan fingerprint density at radius 2 is 1.74 bits per heavy atom. The van der Waals surface area contributed by atoms with Crippen molar-refractivity contribution in [1.82, 2.24) is 24.7 Å². The van der Waals surface area contributed by atoms with Crippen molar-refractivity contribution in [3.8, 4) is 0 Å². The van der Waals surface area contributed by atoms with Gasteiger partial charge in [-0.2, -0.15) is 0 Å². The number of rotatable bonds is 7. The minimum absolute atomic E-state index is 0.0347. The van der Waals surface area contributed by atoms with Crippen molar-refractivity contribution in [3.63, 3.8) is 0 Å². The predicted octanol–water partition coefficient (Wildman–Crippen LogP) is 3.40.